The molecule has 1 spiro atoms. The van der Waals surface area contributed by atoms with Gasteiger partial charge in [0.05, 0.1) is 0 Å². The molecule has 4 heteroatoms. The summed E-state index contributed by atoms with van der Waals surface area (Å²) in [6.45, 7) is 5.65. The van der Waals surface area contributed by atoms with Crippen LogP contribution in [0.25, 0.3) is 6.08 Å². The largest absolute Gasteiger partial charge is 0.339 e. The van der Waals surface area contributed by atoms with Gasteiger partial charge in [-0.15, -0.1) is 0 Å². The number of likely N-dealkylation sites (tertiary alicyclic amines) is 1. The Morgan fingerprint density at radius 2 is 1.85 bits per heavy atom. The van der Waals surface area contributed by atoms with Gasteiger partial charge in [-0.05, 0) is 54.4 Å². The lowest BCUT2D eigenvalue weighted by molar-refractivity contribution is -0.132. The molecule has 1 aromatic rings. The predicted octanol–water partition coefficient (Wildman–Crippen LogP) is 4.48. The highest BCUT2D eigenvalue weighted by Crippen LogP contribution is 2.46. The van der Waals surface area contributed by atoms with E-state index in [9.17, 15) is 9.59 Å². The molecular weight excluding hydrogens is 324 g/mol. The van der Waals surface area contributed by atoms with Crippen molar-refractivity contribution in [1.82, 2.24) is 4.90 Å². The SMILES string of the molecule is CC(=O)Nc1ccc(C=CC(=O)N2CCC(C)C3(CCCCC3)C2)cc1. The summed E-state index contributed by atoms with van der Waals surface area (Å²) in [4.78, 5) is 25.8. The number of carbonyl (C=O) groups is 2. The summed E-state index contributed by atoms with van der Waals surface area (Å²) in [6, 6.07) is 7.53. The van der Waals surface area contributed by atoms with E-state index in [0.717, 1.165) is 36.7 Å². The van der Waals surface area contributed by atoms with Crippen LogP contribution < -0.4 is 5.32 Å². The third-order valence-corrected chi connectivity index (χ3v) is 6.19. The number of hydrogen-bond donors (Lipinski definition) is 1. The Labute approximate surface area is 156 Å². The standard InChI is InChI=1S/C22H30N2O2/c1-17-12-15-24(16-22(17)13-4-3-5-14-22)21(26)11-8-19-6-9-20(10-7-19)23-18(2)25/h6-11,17H,3-5,12-16H2,1-2H3,(H,23,25). The Bertz CT molecular complexity index is 672. The minimum absolute atomic E-state index is 0.0839. The molecule has 1 aliphatic carbocycles. The summed E-state index contributed by atoms with van der Waals surface area (Å²) >= 11 is 0. The first kappa shape index (κ1) is 18.7. The van der Waals surface area contributed by atoms with E-state index in [1.54, 1.807) is 6.08 Å². The Morgan fingerprint density at radius 1 is 1.15 bits per heavy atom. The van der Waals surface area contributed by atoms with Gasteiger partial charge in [-0.25, -0.2) is 0 Å². The zero-order valence-electron chi connectivity index (χ0n) is 16.0. The topological polar surface area (TPSA) is 49.4 Å². The molecule has 1 unspecified atom stereocenters. The molecule has 1 N–H and O–H groups in total. The first-order valence-electron chi connectivity index (χ1n) is 9.83. The predicted molar refractivity (Wildman–Crippen MR) is 106 cm³/mol. The van der Waals surface area contributed by atoms with Gasteiger partial charge in [-0.3, -0.25) is 9.59 Å². The van der Waals surface area contributed by atoms with Crippen LogP contribution in [0.3, 0.4) is 0 Å². The fourth-order valence-electron chi connectivity index (χ4n) is 4.52. The summed E-state index contributed by atoms with van der Waals surface area (Å²) in [7, 11) is 0. The molecule has 1 saturated carbocycles. The van der Waals surface area contributed by atoms with Crippen molar-refractivity contribution in [1.29, 1.82) is 0 Å². The smallest absolute Gasteiger partial charge is 0.246 e. The lowest BCUT2D eigenvalue weighted by atomic mass is 9.63. The maximum Gasteiger partial charge on any atom is 0.246 e. The first-order valence-corrected chi connectivity index (χ1v) is 9.83. The second-order valence-corrected chi connectivity index (χ2v) is 8.01. The molecule has 1 aliphatic heterocycles. The molecule has 0 radical (unpaired) electrons. The van der Waals surface area contributed by atoms with Crippen LogP contribution in [-0.4, -0.2) is 29.8 Å². The monoisotopic (exact) mass is 354 g/mol. The van der Waals surface area contributed by atoms with Crippen molar-refractivity contribution in [2.45, 2.75) is 52.4 Å². The van der Waals surface area contributed by atoms with Crippen LogP contribution >= 0.6 is 0 Å². The zero-order valence-corrected chi connectivity index (χ0v) is 16.0. The minimum atomic E-state index is -0.0839. The van der Waals surface area contributed by atoms with E-state index in [4.69, 9.17) is 0 Å². The van der Waals surface area contributed by atoms with Crippen LogP contribution in [0.5, 0.6) is 0 Å². The van der Waals surface area contributed by atoms with Crippen molar-refractivity contribution in [3.8, 4) is 0 Å². The number of anilines is 1. The van der Waals surface area contributed by atoms with Crippen molar-refractivity contribution < 1.29 is 9.59 Å². The van der Waals surface area contributed by atoms with Gasteiger partial charge < -0.3 is 10.2 Å². The molecular formula is C22H30N2O2. The van der Waals surface area contributed by atoms with Crippen molar-refractivity contribution in [2.75, 3.05) is 18.4 Å². The molecule has 1 heterocycles. The van der Waals surface area contributed by atoms with E-state index in [0.29, 0.717) is 5.41 Å². The highest BCUT2D eigenvalue weighted by Gasteiger charge is 2.42. The lowest BCUT2D eigenvalue weighted by Crippen LogP contribution is -2.50. The van der Waals surface area contributed by atoms with Gasteiger partial charge in [-0.2, -0.15) is 0 Å². The van der Waals surface area contributed by atoms with E-state index in [2.05, 4.69) is 12.2 Å². The summed E-state index contributed by atoms with van der Waals surface area (Å²) in [5.74, 6) is 0.754. The van der Waals surface area contributed by atoms with E-state index >= 15 is 0 Å². The third kappa shape index (κ3) is 4.35. The summed E-state index contributed by atoms with van der Waals surface area (Å²) in [5.41, 5.74) is 2.08. The van der Waals surface area contributed by atoms with Gasteiger partial charge >= 0.3 is 0 Å². The van der Waals surface area contributed by atoms with Crippen LogP contribution in [0, 0.1) is 11.3 Å². The molecule has 4 nitrogen and oxygen atoms in total. The number of piperidine rings is 1. The second kappa shape index (κ2) is 8.07. The molecule has 1 aromatic carbocycles. The maximum atomic E-state index is 12.7. The second-order valence-electron chi connectivity index (χ2n) is 8.01. The quantitative estimate of drug-likeness (QED) is 0.814. The molecule has 26 heavy (non-hydrogen) atoms. The van der Waals surface area contributed by atoms with Crippen LogP contribution in [0.4, 0.5) is 5.69 Å². The first-order chi connectivity index (χ1) is 12.5. The van der Waals surface area contributed by atoms with Crippen molar-refractivity contribution in [3.63, 3.8) is 0 Å². The van der Waals surface area contributed by atoms with Crippen LogP contribution in [0.1, 0.15) is 57.9 Å². The number of hydrogen-bond acceptors (Lipinski definition) is 2. The van der Waals surface area contributed by atoms with Crippen molar-refractivity contribution in [2.24, 2.45) is 11.3 Å². The molecule has 2 fully saturated rings. The lowest BCUT2D eigenvalue weighted by Gasteiger charge is -2.49. The van der Waals surface area contributed by atoms with Gasteiger partial charge in [0.1, 0.15) is 0 Å². The van der Waals surface area contributed by atoms with Crippen LogP contribution in [-0.2, 0) is 9.59 Å². The average molecular weight is 354 g/mol. The van der Waals surface area contributed by atoms with E-state index < -0.39 is 0 Å². The highest BCUT2D eigenvalue weighted by molar-refractivity contribution is 5.92. The Morgan fingerprint density at radius 3 is 2.50 bits per heavy atom. The number of nitrogens with zero attached hydrogens (tertiary/aromatic N) is 1. The molecule has 2 amide bonds. The maximum absolute atomic E-state index is 12.7. The summed E-state index contributed by atoms with van der Waals surface area (Å²) in [6.07, 6.45) is 11.2. The van der Waals surface area contributed by atoms with Crippen molar-refractivity contribution in [3.05, 3.63) is 35.9 Å². The van der Waals surface area contributed by atoms with Crippen LogP contribution in [0.15, 0.2) is 30.3 Å². The van der Waals surface area contributed by atoms with Gasteiger partial charge in [0, 0.05) is 31.8 Å². The molecule has 3 rings (SSSR count). The number of carbonyl (C=O) groups excluding carboxylic acids is 2. The summed E-state index contributed by atoms with van der Waals surface area (Å²) < 4.78 is 0. The number of rotatable bonds is 3. The normalized spacial score (nSPS) is 22.5. The highest BCUT2D eigenvalue weighted by atomic mass is 16.2. The number of amides is 2. The van der Waals surface area contributed by atoms with Crippen molar-refractivity contribution >= 4 is 23.6 Å². The van der Waals surface area contributed by atoms with Gasteiger partial charge in [0.25, 0.3) is 0 Å². The van der Waals surface area contributed by atoms with Gasteiger partial charge in [0.2, 0.25) is 11.8 Å². The molecule has 1 saturated heterocycles. The Kier molecular flexibility index (Phi) is 5.80. The molecule has 0 aromatic heterocycles. The minimum Gasteiger partial charge on any atom is -0.339 e. The number of nitrogens with one attached hydrogen (secondary N) is 1. The average Bonchev–Trinajstić information content (AvgIpc) is 2.63. The third-order valence-electron chi connectivity index (χ3n) is 6.19. The summed E-state index contributed by atoms with van der Waals surface area (Å²) in [5, 5.41) is 2.75. The van der Waals surface area contributed by atoms with Crippen LogP contribution in [0.2, 0.25) is 0 Å². The van der Waals surface area contributed by atoms with Gasteiger partial charge in [0.15, 0.2) is 0 Å². The Balaban J connectivity index is 1.62. The number of benzene rings is 1. The Hall–Kier alpha value is -2.10. The molecule has 140 valence electrons. The molecule has 2 aliphatic rings. The zero-order chi connectivity index (χ0) is 18.6. The van der Waals surface area contributed by atoms with E-state index in [1.165, 1.54) is 39.0 Å². The molecule has 1 atom stereocenters. The molecule has 0 bridgehead atoms. The fraction of sp³-hybridized carbons (Fsp3) is 0.545. The fourth-order valence-corrected chi connectivity index (χ4v) is 4.52. The van der Waals surface area contributed by atoms with Gasteiger partial charge in [-0.1, -0.05) is 38.3 Å². The van der Waals surface area contributed by atoms with E-state index in [1.807, 2.05) is 35.2 Å². The van der Waals surface area contributed by atoms with E-state index in [-0.39, 0.29) is 11.8 Å².